The van der Waals surface area contributed by atoms with Gasteiger partial charge in [0.1, 0.15) is 0 Å². The third-order valence-corrected chi connectivity index (χ3v) is 1.92. The number of carbonyl (C=O) groups excluding carboxylic acids is 1. The molecular formula is C10H22N4O2. The molecule has 6 nitrogen and oxygen atoms in total. The van der Waals surface area contributed by atoms with Gasteiger partial charge in [0.15, 0.2) is 0 Å². The Hall–Kier alpha value is -1.30. The summed E-state index contributed by atoms with van der Waals surface area (Å²) in [4.78, 5) is 13.3. The smallest absolute Gasteiger partial charge is 0.317 e. The van der Waals surface area contributed by atoms with Crippen LogP contribution in [0.25, 0.3) is 0 Å². The number of nitrogens with zero attached hydrogens (tertiary/aromatic N) is 1. The number of amides is 2. The number of urea groups is 1. The van der Waals surface area contributed by atoms with Crippen LogP contribution in [0, 0.1) is 5.41 Å². The lowest BCUT2D eigenvalue weighted by Crippen LogP contribution is -2.45. The molecule has 0 radical (unpaired) electrons. The van der Waals surface area contributed by atoms with Crippen molar-refractivity contribution >= 4 is 11.9 Å². The van der Waals surface area contributed by atoms with Crippen molar-refractivity contribution in [3.8, 4) is 0 Å². The molecule has 0 saturated carbocycles. The van der Waals surface area contributed by atoms with Gasteiger partial charge in [-0.25, -0.2) is 4.79 Å². The summed E-state index contributed by atoms with van der Waals surface area (Å²) in [6, 6.07) is -0.0526. The van der Waals surface area contributed by atoms with Gasteiger partial charge in [0.05, 0.1) is 12.4 Å². The summed E-state index contributed by atoms with van der Waals surface area (Å²) < 4.78 is 4.93. The summed E-state index contributed by atoms with van der Waals surface area (Å²) in [6.07, 6.45) is 0.384. The van der Waals surface area contributed by atoms with Gasteiger partial charge in [-0.2, -0.15) is 0 Å². The first-order valence-corrected chi connectivity index (χ1v) is 5.34. The average Bonchev–Trinajstić information content (AvgIpc) is 2.16. The van der Waals surface area contributed by atoms with E-state index in [2.05, 4.69) is 5.32 Å². The van der Waals surface area contributed by atoms with Gasteiger partial charge in [-0.15, -0.1) is 0 Å². The molecule has 0 aromatic heterocycles. The zero-order valence-corrected chi connectivity index (χ0v) is 10.2. The second kappa shape index (κ2) is 7.92. The van der Waals surface area contributed by atoms with Crippen LogP contribution in [-0.4, -0.2) is 49.6 Å². The van der Waals surface area contributed by atoms with E-state index in [0.29, 0.717) is 26.1 Å². The Morgan fingerprint density at radius 3 is 2.56 bits per heavy atom. The Morgan fingerprint density at radius 1 is 1.50 bits per heavy atom. The molecule has 0 aliphatic heterocycles. The van der Waals surface area contributed by atoms with Crippen molar-refractivity contribution < 1.29 is 9.53 Å². The van der Waals surface area contributed by atoms with E-state index in [4.69, 9.17) is 15.9 Å². The van der Waals surface area contributed by atoms with E-state index in [-0.39, 0.29) is 17.9 Å². The number of rotatable bonds is 7. The van der Waals surface area contributed by atoms with Gasteiger partial charge in [0.25, 0.3) is 0 Å². The largest absolute Gasteiger partial charge is 0.388 e. The van der Waals surface area contributed by atoms with Crippen LogP contribution in [0.15, 0.2) is 0 Å². The third kappa shape index (κ3) is 7.05. The third-order valence-electron chi connectivity index (χ3n) is 1.92. The van der Waals surface area contributed by atoms with Crippen LogP contribution in [0.5, 0.6) is 0 Å². The number of nitrogens with two attached hydrogens (primary N) is 1. The van der Waals surface area contributed by atoms with Crippen LogP contribution in [0.1, 0.15) is 20.3 Å². The molecule has 0 unspecified atom stereocenters. The lowest BCUT2D eigenvalue weighted by molar-refractivity contribution is 0.149. The molecule has 0 bridgehead atoms. The van der Waals surface area contributed by atoms with Crippen molar-refractivity contribution in [3.63, 3.8) is 0 Å². The van der Waals surface area contributed by atoms with E-state index in [0.717, 1.165) is 0 Å². The maximum Gasteiger partial charge on any atom is 0.317 e. The Bertz CT molecular complexity index is 231. The molecule has 0 atom stereocenters. The monoisotopic (exact) mass is 230 g/mol. The maximum absolute atomic E-state index is 11.7. The summed E-state index contributed by atoms with van der Waals surface area (Å²) in [5, 5.41) is 9.93. The van der Waals surface area contributed by atoms with Crippen LogP contribution in [0.4, 0.5) is 4.79 Å². The summed E-state index contributed by atoms with van der Waals surface area (Å²) in [6.45, 7) is 5.22. The van der Waals surface area contributed by atoms with Crippen LogP contribution < -0.4 is 11.1 Å². The SMILES string of the molecule is COCCN(CCC(=N)N)C(=O)NC(C)C. The van der Waals surface area contributed by atoms with E-state index in [1.165, 1.54) is 0 Å². The van der Waals surface area contributed by atoms with Crippen LogP contribution in [-0.2, 0) is 4.74 Å². The van der Waals surface area contributed by atoms with Crippen molar-refractivity contribution in [1.29, 1.82) is 5.41 Å². The van der Waals surface area contributed by atoms with Crippen molar-refractivity contribution in [2.75, 3.05) is 26.8 Å². The first-order chi connectivity index (χ1) is 7.47. The maximum atomic E-state index is 11.7. The summed E-state index contributed by atoms with van der Waals surface area (Å²) in [5.74, 6) is 0.0831. The first-order valence-electron chi connectivity index (χ1n) is 5.34. The van der Waals surface area contributed by atoms with E-state index in [1.807, 2.05) is 13.8 Å². The lowest BCUT2D eigenvalue weighted by Gasteiger charge is -2.23. The zero-order valence-electron chi connectivity index (χ0n) is 10.2. The Morgan fingerprint density at radius 2 is 2.12 bits per heavy atom. The van der Waals surface area contributed by atoms with Gasteiger partial charge in [0.2, 0.25) is 0 Å². The number of hydrogen-bond acceptors (Lipinski definition) is 3. The molecule has 0 aliphatic rings. The molecule has 0 saturated heterocycles. The molecule has 94 valence electrons. The van der Waals surface area contributed by atoms with E-state index >= 15 is 0 Å². The van der Waals surface area contributed by atoms with Gasteiger partial charge in [-0.3, -0.25) is 5.41 Å². The average molecular weight is 230 g/mol. The lowest BCUT2D eigenvalue weighted by atomic mass is 10.3. The van der Waals surface area contributed by atoms with Crippen LogP contribution in [0.2, 0.25) is 0 Å². The molecule has 0 fully saturated rings. The molecule has 0 spiro atoms. The number of methoxy groups -OCH3 is 1. The van der Waals surface area contributed by atoms with Crippen LogP contribution in [0.3, 0.4) is 0 Å². The van der Waals surface area contributed by atoms with Gasteiger partial charge >= 0.3 is 6.03 Å². The zero-order chi connectivity index (χ0) is 12.6. The van der Waals surface area contributed by atoms with Crippen molar-refractivity contribution in [1.82, 2.24) is 10.2 Å². The fourth-order valence-corrected chi connectivity index (χ4v) is 1.11. The second-order valence-corrected chi connectivity index (χ2v) is 3.86. The molecule has 16 heavy (non-hydrogen) atoms. The molecule has 0 rings (SSSR count). The molecule has 0 aromatic carbocycles. The summed E-state index contributed by atoms with van der Waals surface area (Å²) >= 11 is 0. The molecular weight excluding hydrogens is 208 g/mol. The molecule has 0 heterocycles. The van der Waals surface area contributed by atoms with Gasteiger partial charge in [0, 0.05) is 32.7 Å². The number of ether oxygens (including phenoxy) is 1. The van der Waals surface area contributed by atoms with Crippen molar-refractivity contribution in [2.45, 2.75) is 26.3 Å². The minimum atomic E-state index is -0.145. The van der Waals surface area contributed by atoms with Gasteiger partial charge in [-0.05, 0) is 13.8 Å². The molecule has 6 heteroatoms. The van der Waals surface area contributed by atoms with E-state index in [9.17, 15) is 4.79 Å². The normalized spacial score (nSPS) is 10.2. The van der Waals surface area contributed by atoms with Gasteiger partial charge < -0.3 is 20.7 Å². The summed E-state index contributed by atoms with van der Waals surface area (Å²) in [5.41, 5.74) is 5.26. The molecule has 0 aliphatic carbocycles. The Labute approximate surface area is 96.6 Å². The minimum Gasteiger partial charge on any atom is -0.388 e. The standard InChI is InChI=1S/C10H22N4O2/c1-8(2)13-10(15)14(6-7-16-3)5-4-9(11)12/h8H,4-7H2,1-3H3,(H3,11,12)(H,13,15). The summed E-state index contributed by atoms with van der Waals surface area (Å²) in [7, 11) is 1.59. The van der Waals surface area contributed by atoms with Crippen molar-refractivity contribution in [3.05, 3.63) is 0 Å². The quantitative estimate of drug-likeness (QED) is 0.436. The fourth-order valence-electron chi connectivity index (χ4n) is 1.11. The fraction of sp³-hybridized carbons (Fsp3) is 0.800. The van der Waals surface area contributed by atoms with Crippen molar-refractivity contribution in [2.24, 2.45) is 5.73 Å². The minimum absolute atomic E-state index is 0.0831. The molecule has 2 amide bonds. The number of amidine groups is 1. The predicted octanol–water partition coefficient (Wildman–Crippen LogP) is 0.379. The van der Waals surface area contributed by atoms with E-state index < -0.39 is 0 Å². The second-order valence-electron chi connectivity index (χ2n) is 3.86. The van der Waals surface area contributed by atoms with Gasteiger partial charge in [-0.1, -0.05) is 0 Å². The first kappa shape index (κ1) is 14.7. The highest BCUT2D eigenvalue weighted by atomic mass is 16.5. The Balaban J connectivity index is 4.17. The molecule has 4 N–H and O–H groups in total. The highest BCUT2D eigenvalue weighted by Gasteiger charge is 2.13. The Kier molecular flexibility index (Phi) is 7.28. The number of carbonyl (C=O) groups is 1. The number of nitrogens with one attached hydrogen (secondary N) is 2. The number of hydrogen-bond donors (Lipinski definition) is 3. The van der Waals surface area contributed by atoms with Crippen LogP contribution >= 0.6 is 0 Å². The molecule has 0 aromatic rings. The predicted molar refractivity (Wildman–Crippen MR) is 63.6 cm³/mol. The van der Waals surface area contributed by atoms with E-state index in [1.54, 1.807) is 12.0 Å². The topological polar surface area (TPSA) is 91.4 Å². The highest BCUT2D eigenvalue weighted by Crippen LogP contribution is 1.94. The highest BCUT2D eigenvalue weighted by molar-refractivity contribution is 5.78.